The van der Waals surface area contributed by atoms with Crippen LogP contribution in [-0.4, -0.2) is 39.3 Å². The molecule has 1 unspecified atom stereocenters. The number of methoxy groups -OCH3 is 2. The van der Waals surface area contributed by atoms with Crippen LogP contribution < -0.4 is 29.0 Å². The summed E-state index contributed by atoms with van der Waals surface area (Å²) in [6.07, 6.45) is 2.20. The van der Waals surface area contributed by atoms with Gasteiger partial charge in [0.25, 0.3) is 0 Å². The van der Waals surface area contributed by atoms with Crippen LogP contribution >= 0.6 is 23.2 Å². The Labute approximate surface area is 255 Å². The summed E-state index contributed by atoms with van der Waals surface area (Å²) in [6.45, 7) is -2.79. The van der Waals surface area contributed by atoms with Crippen LogP contribution in [0.15, 0.2) is 48.8 Å². The van der Waals surface area contributed by atoms with Gasteiger partial charge < -0.3 is 34.2 Å². The van der Waals surface area contributed by atoms with Gasteiger partial charge >= 0.3 is 12.6 Å². The Hall–Kier alpha value is -4.03. The van der Waals surface area contributed by atoms with Crippen molar-refractivity contribution in [2.75, 3.05) is 26.1 Å². The number of nitrogens with one attached hydrogen (secondary N) is 1. The quantitative estimate of drug-likeness (QED) is 0.100. The highest BCUT2D eigenvalue weighted by atomic mass is 35.5. The van der Waals surface area contributed by atoms with Crippen molar-refractivity contribution < 1.29 is 46.8 Å². The van der Waals surface area contributed by atoms with Gasteiger partial charge in [0.1, 0.15) is 22.6 Å². The highest BCUT2D eigenvalue weighted by molar-refractivity contribution is 6.35. The van der Waals surface area contributed by atoms with Crippen molar-refractivity contribution in [1.82, 2.24) is 0 Å². The molecule has 1 aliphatic carbocycles. The molecule has 0 aliphatic heterocycles. The van der Waals surface area contributed by atoms with E-state index in [1.165, 1.54) is 38.5 Å². The molecule has 43 heavy (non-hydrogen) atoms. The summed E-state index contributed by atoms with van der Waals surface area (Å²) < 4.78 is 53.0. The van der Waals surface area contributed by atoms with Crippen molar-refractivity contribution in [3.8, 4) is 23.0 Å². The predicted molar refractivity (Wildman–Crippen MR) is 152 cm³/mol. The Balaban J connectivity index is 1.57. The first kappa shape index (κ1) is 31.9. The second-order valence-corrected chi connectivity index (χ2v) is 10.4. The van der Waals surface area contributed by atoms with Crippen LogP contribution in [0.3, 0.4) is 0 Å². The van der Waals surface area contributed by atoms with Gasteiger partial charge in [-0.2, -0.15) is 13.5 Å². The Morgan fingerprint density at radius 3 is 2.30 bits per heavy atom. The molecule has 1 fully saturated rings. The molecule has 2 aromatic carbocycles. The van der Waals surface area contributed by atoms with E-state index >= 15 is 0 Å². The lowest BCUT2D eigenvalue weighted by molar-refractivity contribution is -0.605. The van der Waals surface area contributed by atoms with E-state index in [9.17, 15) is 23.6 Å². The Bertz CT molecular complexity index is 1450. The highest BCUT2D eigenvalue weighted by Gasteiger charge is 2.27. The first-order valence-electron chi connectivity index (χ1n) is 13.1. The number of nitrogens with zero attached hydrogens (tertiary/aromatic N) is 1. The normalized spacial score (nSPS) is 13.3. The molecule has 1 aliphatic rings. The van der Waals surface area contributed by atoms with E-state index in [1.807, 2.05) is 0 Å². The van der Waals surface area contributed by atoms with E-state index in [-0.39, 0.29) is 33.5 Å². The van der Waals surface area contributed by atoms with E-state index < -0.39 is 31.0 Å². The SMILES string of the molecule is COc1ccc(NC(=O)CC(=O)OC(Cc2c(Cl)c[n+]([O-])cc2Cl)c2ccc(OC(F)F)c(OCC3CC3)c2)cc1OC. The molecule has 3 aromatic rings. The van der Waals surface area contributed by atoms with E-state index in [0.717, 1.165) is 25.2 Å². The smallest absolute Gasteiger partial charge is 0.387 e. The van der Waals surface area contributed by atoms with Crippen LogP contribution in [0.25, 0.3) is 0 Å². The Kier molecular flexibility index (Phi) is 10.7. The van der Waals surface area contributed by atoms with Crippen LogP contribution in [0.1, 0.15) is 36.5 Å². The molecule has 4 rings (SSSR count). The van der Waals surface area contributed by atoms with E-state index in [2.05, 4.69) is 10.1 Å². The lowest BCUT2D eigenvalue weighted by Gasteiger charge is -2.21. The Morgan fingerprint density at radius 1 is 1.00 bits per heavy atom. The van der Waals surface area contributed by atoms with Crippen molar-refractivity contribution in [3.05, 3.63) is 75.2 Å². The maximum absolute atomic E-state index is 13.1. The second-order valence-electron chi connectivity index (χ2n) is 9.61. The van der Waals surface area contributed by atoms with Gasteiger partial charge in [-0.15, -0.1) is 0 Å². The van der Waals surface area contributed by atoms with Gasteiger partial charge in [0.05, 0.1) is 20.8 Å². The van der Waals surface area contributed by atoms with Gasteiger partial charge in [-0.3, -0.25) is 9.59 Å². The van der Waals surface area contributed by atoms with E-state index in [4.69, 9.17) is 42.1 Å². The van der Waals surface area contributed by atoms with Crippen molar-refractivity contribution in [1.29, 1.82) is 0 Å². The number of carbonyl (C=O) groups excluding carboxylic acids is 2. The number of carbonyl (C=O) groups is 2. The summed E-state index contributed by atoms with van der Waals surface area (Å²) in [5.74, 6) is -0.610. The van der Waals surface area contributed by atoms with Gasteiger partial charge in [0.2, 0.25) is 5.91 Å². The highest BCUT2D eigenvalue weighted by Crippen LogP contribution is 2.38. The minimum absolute atomic E-state index is 0.0117. The number of hydrogen-bond acceptors (Lipinski definition) is 8. The number of esters is 1. The summed E-state index contributed by atoms with van der Waals surface area (Å²) in [6, 6.07) is 8.79. The molecule has 1 aromatic heterocycles. The standard InChI is InChI=1S/C29H28Cl2F2N2O8/c1-39-22-8-6-18(10-25(22)40-2)34-27(36)12-28(37)42-24(11-19-20(30)13-35(38)14-21(19)31)17-5-7-23(43-29(32)33)26(9-17)41-15-16-3-4-16/h5-10,13-14,16,24,29H,3-4,11-12,15H2,1-2H3,(H,34,36). The molecule has 1 N–H and O–H groups in total. The van der Waals surface area contributed by atoms with Crippen LogP contribution in [-0.2, 0) is 20.7 Å². The van der Waals surface area contributed by atoms with Gasteiger partial charge in [-0.05, 0) is 48.6 Å². The molecule has 0 bridgehead atoms. The average Bonchev–Trinajstić information content (AvgIpc) is 3.78. The third-order valence-corrected chi connectivity index (χ3v) is 7.07. The van der Waals surface area contributed by atoms with Crippen LogP contribution in [0, 0.1) is 11.1 Å². The van der Waals surface area contributed by atoms with Gasteiger partial charge in [0.15, 0.2) is 35.4 Å². The molecule has 14 heteroatoms. The zero-order chi connectivity index (χ0) is 31.1. The van der Waals surface area contributed by atoms with Crippen molar-refractivity contribution in [2.24, 2.45) is 5.92 Å². The molecule has 1 atom stereocenters. The number of rotatable bonds is 14. The fourth-order valence-corrected chi connectivity index (χ4v) is 4.71. The molecule has 1 heterocycles. The predicted octanol–water partition coefficient (Wildman–Crippen LogP) is 5.89. The minimum atomic E-state index is -3.09. The van der Waals surface area contributed by atoms with Gasteiger partial charge in [0, 0.05) is 23.7 Å². The van der Waals surface area contributed by atoms with Gasteiger partial charge in [-0.1, -0.05) is 29.3 Å². The lowest BCUT2D eigenvalue weighted by Crippen LogP contribution is -2.26. The molecule has 1 amide bonds. The molecular formula is C29H28Cl2F2N2O8. The third-order valence-electron chi connectivity index (χ3n) is 6.42. The number of hydrogen-bond donors (Lipinski definition) is 1. The maximum atomic E-state index is 13.1. The number of ether oxygens (including phenoxy) is 5. The minimum Gasteiger partial charge on any atom is -0.619 e. The third kappa shape index (κ3) is 8.98. The lowest BCUT2D eigenvalue weighted by atomic mass is 10.0. The zero-order valence-corrected chi connectivity index (χ0v) is 24.6. The number of halogens is 4. The summed E-state index contributed by atoms with van der Waals surface area (Å²) in [5.41, 5.74) is 0.969. The number of pyridine rings is 1. The van der Waals surface area contributed by atoms with Crippen molar-refractivity contribution >= 4 is 40.8 Å². The van der Waals surface area contributed by atoms with Gasteiger partial charge in [-0.25, -0.2) is 0 Å². The molecule has 10 nitrogen and oxygen atoms in total. The number of anilines is 1. The topological polar surface area (TPSA) is 119 Å². The molecule has 1 saturated carbocycles. The number of amides is 1. The number of benzene rings is 2. The monoisotopic (exact) mass is 640 g/mol. The van der Waals surface area contributed by atoms with Crippen molar-refractivity contribution in [2.45, 2.75) is 38.4 Å². The second kappa shape index (κ2) is 14.4. The molecule has 0 saturated heterocycles. The largest absolute Gasteiger partial charge is 0.619 e. The first-order valence-corrected chi connectivity index (χ1v) is 13.8. The molecule has 230 valence electrons. The molecule has 0 spiro atoms. The number of alkyl halides is 2. The summed E-state index contributed by atoms with van der Waals surface area (Å²) in [5, 5.41) is 14.4. The van der Waals surface area contributed by atoms with Crippen LogP contribution in [0.5, 0.6) is 23.0 Å². The van der Waals surface area contributed by atoms with Crippen LogP contribution in [0.2, 0.25) is 10.0 Å². The summed E-state index contributed by atoms with van der Waals surface area (Å²) in [4.78, 5) is 25.7. The summed E-state index contributed by atoms with van der Waals surface area (Å²) >= 11 is 12.5. The fraction of sp³-hybridized carbons (Fsp3) is 0.345. The van der Waals surface area contributed by atoms with E-state index in [1.54, 1.807) is 12.1 Å². The van der Waals surface area contributed by atoms with Crippen molar-refractivity contribution in [3.63, 3.8) is 0 Å². The number of aromatic nitrogens is 1. The average molecular weight is 641 g/mol. The zero-order valence-electron chi connectivity index (χ0n) is 23.1. The first-order chi connectivity index (χ1) is 20.6. The van der Waals surface area contributed by atoms with Crippen LogP contribution in [0.4, 0.5) is 14.5 Å². The maximum Gasteiger partial charge on any atom is 0.387 e. The Morgan fingerprint density at radius 2 is 1.67 bits per heavy atom. The summed E-state index contributed by atoms with van der Waals surface area (Å²) in [7, 11) is 2.91. The van der Waals surface area contributed by atoms with E-state index in [0.29, 0.717) is 40.0 Å². The molecular weight excluding hydrogens is 613 g/mol. The fourth-order valence-electron chi connectivity index (χ4n) is 4.11. The molecule has 0 radical (unpaired) electrons.